The van der Waals surface area contributed by atoms with Crippen LogP contribution in [-0.4, -0.2) is 29.4 Å². The summed E-state index contributed by atoms with van der Waals surface area (Å²) in [5, 5.41) is 10.8. The van der Waals surface area contributed by atoms with Crippen molar-refractivity contribution in [3.8, 4) is 5.69 Å². The molecule has 1 saturated carbocycles. The molecule has 6 nitrogen and oxygen atoms in total. The van der Waals surface area contributed by atoms with Crippen LogP contribution in [-0.2, 0) is 0 Å². The van der Waals surface area contributed by atoms with E-state index in [1.54, 1.807) is 10.8 Å². The third kappa shape index (κ3) is 2.48. The van der Waals surface area contributed by atoms with E-state index in [-0.39, 0.29) is 0 Å². The van der Waals surface area contributed by atoms with Gasteiger partial charge in [0.15, 0.2) is 17.1 Å². The number of halogens is 1. The lowest BCUT2D eigenvalue weighted by atomic mass is 9.89. The molecule has 3 heterocycles. The molecule has 132 valence electrons. The summed E-state index contributed by atoms with van der Waals surface area (Å²) >= 11 is 6.18. The van der Waals surface area contributed by atoms with E-state index in [1.165, 1.54) is 32.1 Å². The normalized spacial score (nSPS) is 15.9. The van der Waals surface area contributed by atoms with Gasteiger partial charge < -0.3 is 0 Å². The summed E-state index contributed by atoms with van der Waals surface area (Å²) in [7, 11) is 0. The van der Waals surface area contributed by atoms with E-state index in [0.29, 0.717) is 10.9 Å². The van der Waals surface area contributed by atoms with E-state index >= 15 is 0 Å². The second kappa shape index (κ2) is 6.06. The van der Waals surface area contributed by atoms with Gasteiger partial charge in [0.1, 0.15) is 6.33 Å². The Morgan fingerprint density at radius 2 is 1.96 bits per heavy atom. The minimum Gasteiger partial charge on any atom is -0.216 e. The Bertz CT molecular complexity index is 1110. The summed E-state index contributed by atoms with van der Waals surface area (Å²) in [6.07, 6.45) is 9.75. The number of fused-ring (bicyclic) bond motifs is 3. The van der Waals surface area contributed by atoms with Crippen molar-refractivity contribution < 1.29 is 0 Å². The summed E-state index contributed by atoms with van der Waals surface area (Å²) in [6.45, 7) is 2.04. The van der Waals surface area contributed by atoms with Crippen LogP contribution in [0.25, 0.3) is 22.4 Å². The molecule has 4 aromatic rings. The zero-order chi connectivity index (χ0) is 17.7. The Morgan fingerprint density at radius 3 is 2.81 bits per heavy atom. The standard InChI is InChI=1S/C19H19ClN6/c1-12-7-8-14(20)9-16(12)26-18-15(10-22-26)19-23-17(24-25(19)11-21-18)13-5-3-2-4-6-13/h7-11,13H,2-6H2,1H3. The van der Waals surface area contributed by atoms with Crippen LogP contribution in [0.15, 0.2) is 30.7 Å². The van der Waals surface area contributed by atoms with E-state index < -0.39 is 0 Å². The summed E-state index contributed by atoms with van der Waals surface area (Å²) in [6, 6.07) is 5.78. The first-order valence-corrected chi connectivity index (χ1v) is 9.44. The van der Waals surface area contributed by atoms with Gasteiger partial charge in [0.2, 0.25) is 0 Å². The predicted octanol–water partition coefficient (Wildman–Crippen LogP) is 4.47. The number of hydrogen-bond donors (Lipinski definition) is 0. The minimum absolute atomic E-state index is 0.462. The maximum atomic E-state index is 6.18. The van der Waals surface area contributed by atoms with Crippen molar-refractivity contribution in [2.75, 3.05) is 0 Å². The molecular formula is C19H19ClN6. The second-order valence-electron chi connectivity index (χ2n) is 7.04. The maximum absolute atomic E-state index is 6.18. The zero-order valence-corrected chi connectivity index (χ0v) is 15.3. The van der Waals surface area contributed by atoms with Crippen LogP contribution in [0.2, 0.25) is 5.02 Å². The molecule has 1 fully saturated rings. The zero-order valence-electron chi connectivity index (χ0n) is 14.6. The highest BCUT2D eigenvalue weighted by atomic mass is 35.5. The molecule has 0 amide bonds. The molecule has 1 aromatic carbocycles. The van der Waals surface area contributed by atoms with Gasteiger partial charge in [0.05, 0.1) is 17.3 Å². The lowest BCUT2D eigenvalue weighted by Crippen LogP contribution is -2.06. The Labute approximate surface area is 155 Å². The summed E-state index contributed by atoms with van der Waals surface area (Å²) < 4.78 is 3.61. The van der Waals surface area contributed by atoms with Crippen molar-refractivity contribution in [2.24, 2.45) is 0 Å². The molecule has 7 heteroatoms. The average molecular weight is 367 g/mol. The molecule has 0 atom stereocenters. The van der Waals surface area contributed by atoms with Crippen LogP contribution >= 0.6 is 11.6 Å². The summed E-state index contributed by atoms with van der Waals surface area (Å²) in [4.78, 5) is 9.44. The third-order valence-electron chi connectivity index (χ3n) is 5.29. The van der Waals surface area contributed by atoms with E-state index in [2.05, 4.69) is 15.2 Å². The molecule has 0 N–H and O–H groups in total. The van der Waals surface area contributed by atoms with Crippen molar-refractivity contribution in [1.29, 1.82) is 0 Å². The van der Waals surface area contributed by atoms with E-state index in [4.69, 9.17) is 16.6 Å². The minimum atomic E-state index is 0.462. The molecule has 5 rings (SSSR count). The summed E-state index contributed by atoms with van der Waals surface area (Å²) in [5.74, 6) is 1.40. The molecule has 3 aromatic heterocycles. The number of rotatable bonds is 2. The third-order valence-corrected chi connectivity index (χ3v) is 5.53. The first-order chi connectivity index (χ1) is 12.7. The number of aromatic nitrogens is 6. The number of aryl methyl sites for hydroxylation is 1. The van der Waals surface area contributed by atoms with E-state index in [9.17, 15) is 0 Å². The molecule has 0 aliphatic heterocycles. The first-order valence-electron chi connectivity index (χ1n) is 9.06. The van der Waals surface area contributed by atoms with Crippen LogP contribution in [0.3, 0.4) is 0 Å². The average Bonchev–Trinajstić information content (AvgIpc) is 3.28. The Kier molecular flexibility index (Phi) is 3.67. The van der Waals surface area contributed by atoms with E-state index in [1.807, 2.05) is 36.0 Å². The van der Waals surface area contributed by atoms with Crippen molar-refractivity contribution in [3.63, 3.8) is 0 Å². The SMILES string of the molecule is Cc1ccc(Cl)cc1-n1ncc2c1ncn1nc(C3CCCCC3)nc21. The van der Waals surface area contributed by atoms with Gasteiger partial charge >= 0.3 is 0 Å². The topological polar surface area (TPSA) is 60.9 Å². The monoisotopic (exact) mass is 366 g/mol. The van der Waals surface area contributed by atoms with Gasteiger partial charge in [-0.3, -0.25) is 0 Å². The van der Waals surface area contributed by atoms with Crippen LogP contribution in [0.5, 0.6) is 0 Å². The van der Waals surface area contributed by atoms with Crippen LogP contribution < -0.4 is 0 Å². The van der Waals surface area contributed by atoms with Gasteiger partial charge in [0, 0.05) is 10.9 Å². The van der Waals surface area contributed by atoms with E-state index in [0.717, 1.165) is 33.8 Å². The van der Waals surface area contributed by atoms with Crippen LogP contribution in [0.4, 0.5) is 0 Å². The van der Waals surface area contributed by atoms with Gasteiger partial charge in [-0.05, 0) is 37.5 Å². The molecule has 0 bridgehead atoms. The Balaban J connectivity index is 1.66. The van der Waals surface area contributed by atoms with Gasteiger partial charge in [0.25, 0.3) is 0 Å². The van der Waals surface area contributed by atoms with Crippen LogP contribution in [0, 0.1) is 6.92 Å². The molecule has 0 radical (unpaired) electrons. The van der Waals surface area contributed by atoms with Crippen LogP contribution in [0.1, 0.15) is 49.4 Å². The lowest BCUT2D eigenvalue weighted by molar-refractivity contribution is 0.429. The molecule has 0 saturated heterocycles. The number of benzene rings is 1. The van der Waals surface area contributed by atoms with Crippen molar-refractivity contribution in [1.82, 2.24) is 29.4 Å². The quantitative estimate of drug-likeness (QED) is 0.525. The lowest BCUT2D eigenvalue weighted by Gasteiger charge is -2.17. The first kappa shape index (κ1) is 15.8. The molecular weight excluding hydrogens is 348 g/mol. The molecule has 1 aliphatic rings. The van der Waals surface area contributed by atoms with Gasteiger partial charge in [-0.1, -0.05) is 36.9 Å². The highest BCUT2D eigenvalue weighted by molar-refractivity contribution is 6.30. The Morgan fingerprint density at radius 1 is 1.12 bits per heavy atom. The van der Waals surface area contributed by atoms with Crippen molar-refractivity contribution >= 4 is 28.3 Å². The fourth-order valence-electron chi connectivity index (χ4n) is 3.86. The van der Waals surface area contributed by atoms with Gasteiger partial charge in [-0.25, -0.2) is 19.2 Å². The fraction of sp³-hybridized carbons (Fsp3) is 0.368. The Hall–Kier alpha value is -2.47. The van der Waals surface area contributed by atoms with Crippen molar-refractivity contribution in [3.05, 3.63) is 47.1 Å². The molecule has 26 heavy (non-hydrogen) atoms. The maximum Gasteiger partial charge on any atom is 0.170 e. The largest absolute Gasteiger partial charge is 0.216 e. The molecule has 0 unspecified atom stereocenters. The summed E-state index contributed by atoms with van der Waals surface area (Å²) in [5.41, 5.74) is 3.61. The second-order valence-corrected chi connectivity index (χ2v) is 7.48. The predicted molar refractivity (Wildman–Crippen MR) is 101 cm³/mol. The number of hydrogen-bond acceptors (Lipinski definition) is 4. The molecule has 1 aliphatic carbocycles. The fourth-order valence-corrected chi connectivity index (χ4v) is 4.02. The molecule has 0 spiro atoms. The highest BCUT2D eigenvalue weighted by Gasteiger charge is 2.21. The highest BCUT2D eigenvalue weighted by Crippen LogP contribution is 2.32. The van der Waals surface area contributed by atoms with Crippen molar-refractivity contribution in [2.45, 2.75) is 44.9 Å². The smallest absolute Gasteiger partial charge is 0.170 e. The number of nitrogens with zero attached hydrogens (tertiary/aromatic N) is 6. The van der Waals surface area contributed by atoms with Gasteiger partial charge in [-0.2, -0.15) is 5.10 Å². The van der Waals surface area contributed by atoms with Gasteiger partial charge in [-0.15, -0.1) is 5.10 Å².